The Kier molecular flexibility index (Phi) is 5.35. The normalized spacial score (nSPS) is 11.4. The molecule has 0 radical (unpaired) electrons. The Morgan fingerprint density at radius 3 is 2.57 bits per heavy atom. The first-order valence-electron chi connectivity index (χ1n) is 5.83. The smallest absolute Gasteiger partial charge is 0.305 e. The molecule has 4 N–H and O–H groups in total. The molecule has 1 atom stereocenters. The van der Waals surface area contributed by atoms with Crippen LogP contribution in [0, 0.1) is 10.1 Å². The standard InChI is InChI=1S/C12H13N3O6/c13-12(19)9(6-11(17)18)14-10(16)5-7-2-1-3-8(4-7)15(20)21/h1-4,9H,5-6H2,(H2,13,19)(H,14,16)(H,17,18)/t9-/m1/s1. The van der Waals surface area contributed by atoms with Gasteiger partial charge in [-0.15, -0.1) is 0 Å². The molecule has 0 saturated heterocycles. The van der Waals surface area contributed by atoms with E-state index >= 15 is 0 Å². The van der Waals surface area contributed by atoms with Crippen LogP contribution in [0.3, 0.4) is 0 Å². The Hall–Kier alpha value is -2.97. The van der Waals surface area contributed by atoms with Gasteiger partial charge in [0.25, 0.3) is 5.69 Å². The number of nitrogens with one attached hydrogen (secondary N) is 1. The molecular weight excluding hydrogens is 282 g/mol. The monoisotopic (exact) mass is 295 g/mol. The molecule has 2 amide bonds. The lowest BCUT2D eigenvalue weighted by Crippen LogP contribution is -2.46. The fourth-order valence-corrected chi connectivity index (χ4v) is 1.61. The first-order chi connectivity index (χ1) is 9.79. The average Bonchev–Trinajstić information content (AvgIpc) is 2.37. The van der Waals surface area contributed by atoms with Crippen LogP contribution in [-0.2, 0) is 20.8 Å². The number of non-ortho nitro benzene ring substituents is 1. The van der Waals surface area contributed by atoms with Gasteiger partial charge in [-0.2, -0.15) is 0 Å². The SMILES string of the molecule is NC(=O)[C@@H](CC(=O)O)NC(=O)Cc1cccc([N+](=O)[O-])c1. The summed E-state index contributed by atoms with van der Waals surface area (Å²) in [7, 11) is 0. The maximum atomic E-state index is 11.7. The summed E-state index contributed by atoms with van der Waals surface area (Å²) < 4.78 is 0. The third-order valence-corrected chi connectivity index (χ3v) is 2.54. The molecule has 0 aliphatic heterocycles. The van der Waals surface area contributed by atoms with Gasteiger partial charge in [0, 0.05) is 12.1 Å². The van der Waals surface area contributed by atoms with Crippen LogP contribution in [0.4, 0.5) is 5.69 Å². The summed E-state index contributed by atoms with van der Waals surface area (Å²) >= 11 is 0. The van der Waals surface area contributed by atoms with Crippen LogP contribution in [0.2, 0.25) is 0 Å². The van der Waals surface area contributed by atoms with Gasteiger partial charge in [-0.3, -0.25) is 24.5 Å². The maximum Gasteiger partial charge on any atom is 0.305 e. The predicted molar refractivity (Wildman–Crippen MR) is 70.2 cm³/mol. The number of rotatable bonds is 7. The van der Waals surface area contributed by atoms with E-state index in [0.29, 0.717) is 5.56 Å². The highest BCUT2D eigenvalue weighted by atomic mass is 16.6. The molecule has 0 fully saturated rings. The Labute approximate surface area is 118 Å². The van der Waals surface area contributed by atoms with Gasteiger partial charge in [-0.25, -0.2) is 0 Å². The highest BCUT2D eigenvalue weighted by Crippen LogP contribution is 2.13. The van der Waals surface area contributed by atoms with Gasteiger partial charge in [-0.05, 0) is 5.56 Å². The molecule has 1 rings (SSSR count). The topological polar surface area (TPSA) is 153 Å². The largest absolute Gasteiger partial charge is 0.481 e. The molecule has 1 aromatic rings. The fourth-order valence-electron chi connectivity index (χ4n) is 1.61. The van der Waals surface area contributed by atoms with E-state index < -0.39 is 35.2 Å². The minimum atomic E-state index is -1.33. The summed E-state index contributed by atoms with van der Waals surface area (Å²) in [6.07, 6.45) is -0.860. The van der Waals surface area contributed by atoms with E-state index in [1.54, 1.807) is 0 Å². The Balaban J connectivity index is 2.72. The lowest BCUT2D eigenvalue weighted by molar-refractivity contribution is -0.384. The number of benzene rings is 1. The molecule has 0 aliphatic rings. The van der Waals surface area contributed by atoms with E-state index in [4.69, 9.17) is 10.8 Å². The minimum absolute atomic E-state index is 0.169. The zero-order chi connectivity index (χ0) is 16.0. The van der Waals surface area contributed by atoms with Gasteiger partial charge in [-0.1, -0.05) is 12.1 Å². The number of nitro benzene ring substituents is 1. The highest BCUT2D eigenvalue weighted by Gasteiger charge is 2.21. The third-order valence-electron chi connectivity index (χ3n) is 2.54. The second kappa shape index (κ2) is 6.98. The molecule has 0 aliphatic carbocycles. The number of primary amides is 1. The van der Waals surface area contributed by atoms with Crippen molar-refractivity contribution in [2.75, 3.05) is 0 Å². The summed E-state index contributed by atoms with van der Waals surface area (Å²) in [6, 6.07) is 4.09. The van der Waals surface area contributed by atoms with Gasteiger partial charge >= 0.3 is 5.97 Å². The van der Waals surface area contributed by atoms with Crippen molar-refractivity contribution in [1.29, 1.82) is 0 Å². The summed E-state index contributed by atoms with van der Waals surface area (Å²) in [6.45, 7) is 0. The first kappa shape index (κ1) is 16.1. The molecular formula is C12H13N3O6. The molecule has 9 heteroatoms. The molecule has 0 heterocycles. The van der Waals surface area contributed by atoms with E-state index in [1.807, 2.05) is 0 Å². The summed E-state index contributed by atoms with van der Waals surface area (Å²) in [5.74, 6) is -2.90. The predicted octanol–water partition coefficient (Wildman–Crippen LogP) is -0.418. The van der Waals surface area contributed by atoms with Crippen LogP contribution in [0.1, 0.15) is 12.0 Å². The van der Waals surface area contributed by atoms with Gasteiger partial charge < -0.3 is 16.2 Å². The number of carbonyl (C=O) groups excluding carboxylic acids is 2. The molecule has 0 spiro atoms. The van der Waals surface area contributed by atoms with Crippen molar-refractivity contribution in [3.63, 3.8) is 0 Å². The van der Waals surface area contributed by atoms with Gasteiger partial charge in [0.15, 0.2) is 0 Å². The third kappa shape index (κ3) is 5.27. The lowest BCUT2D eigenvalue weighted by atomic mass is 10.1. The second-order valence-corrected chi connectivity index (χ2v) is 4.22. The number of hydrogen-bond acceptors (Lipinski definition) is 5. The van der Waals surface area contributed by atoms with Crippen LogP contribution >= 0.6 is 0 Å². The number of amides is 2. The number of nitro groups is 1. The molecule has 9 nitrogen and oxygen atoms in total. The van der Waals surface area contributed by atoms with Crippen molar-refractivity contribution in [2.24, 2.45) is 5.73 Å². The summed E-state index contributed by atoms with van der Waals surface area (Å²) in [5, 5.41) is 21.4. The summed E-state index contributed by atoms with van der Waals surface area (Å²) in [5.41, 5.74) is 5.18. The van der Waals surface area contributed by atoms with E-state index in [-0.39, 0.29) is 12.1 Å². The van der Waals surface area contributed by atoms with Crippen molar-refractivity contribution in [3.05, 3.63) is 39.9 Å². The first-order valence-corrected chi connectivity index (χ1v) is 5.83. The van der Waals surface area contributed by atoms with E-state index in [9.17, 15) is 24.5 Å². The van der Waals surface area contributed by atoms with Crippen molar-refractivity contribution in [3.8, 4) is 0 Å². The minimum Gasteiger partial charge on any atom is -0.481 e. The van der Waals surface area contributed by atoms with Crippen LogP contribution < -0.4 is 11.1 Å². The van der Waals surface area contributed by atoms with Gasteiger partial charge in [0.1, 0.15) is 6.04 Å². The maximum absolute atomic E-state index is 11.7. The van der Waals surface area contributed by atoms with E-state index in [0.717, 1.165) is 0 Å². The molecule has 0 saturated carbocycles. The summed E-state index contributed by atoms with van der Waals surface area (Å²) in [4.78, 5) is 43.3. The molecule has 0 unspecified atom stereocenters. The Bertz CT molecular complexity index is 586. The number of hydrogen-bond donors (Lipinski definition) is 3. The number of carboxylic acid groups (broad SMARTS) is 1. The van der Waals surface area contributed by atoms with Crippen molar-refractivity contribution >= 4 is 23.5 Å². The van der Waals surface area contributed by atoms with Gasteiger partial charge in [0.05, 0.1) is 17.8 Å². The highest BCUT2D eigenvalue weighted by molar-refractivity contribution is 5.90. The average molecular weight is 295 g/mol. The second-order valence-electron chi connectivity index (χ2n) is 4.22. The number of aliphatic carboxylic acids is 1. The van der Waals surface area contributed by atoms with Crippen molar-refractivity contribution in [2.45, 2.75) is 18.9 Å². The van der Waals surface area contributed by atoms with E-state index in [1.165, 1.54) is 24.3 Å². The molecule has 0 bridgehead atoms. The number of carboxylic acids is 1. The van der Waals surface area contributed by atoms with Crippen LogP contribution in [0.5, 0.6) is 0 Å². The number of nitrogens with zero attached hydrogens (tertiary/aromatic N) is 1. The molecule has 0 aromatic heterocycles. The van der Waals surface area contributed by atoms with Crippen molar-refractivity contribution in [1.82, 2.24) is 5.32 Å². The number of carbonyl (C=O) groups is 3. The molecule has 112 valence electrons. The Morgan fingerprint density at radius 2 is 2.05 bits per heavy atom. The molecule has 1 aromatic carbocycles. The lowest BCUT2D eigenvalue weighted by Gasteiger charge is -2.13. The zero-order valence-electron chi connectivity index (χ0n) is 10.8. The molecule has 21 heavy (non-hydrogen) atoms. The zero-order valence-corrected chi connectivity index (χ0v) is 10.8. The van der Waals surface area contributed by atoms with Crippen LogP contribution in [-0.4, -0.2) is 33.9 Å². The number of nitrogens with two attached hydrogens (primary N) is 1. The van der Waals surface area contributed by atoms with Gasteiger partial charge in [0.2, 0.25) is 11.8 Å². The Morgan fingerprint density at radius 1 is 1.38 bits per heavy atom. The quantitative estimate of drug-likeness (QED) is 0.458. The fraction of sp³-hybridized carbons (Fsp3) is 0.250. The van der Waals surface area contributed by atoms with E-state index in [2.05, 4.69) is 5.32 Å². The van der Waals surface area contributed by atoms with Crippen molar-refractivity contribution < 1.29 is 24.4 Å². The van der Waals surface area contributed by atoms with Crippen LogP contribution in [0.25, 0.3) is 0 Å². The van der Waals surface area contributed by atoms with Crippen LogP contribution in [0.15, 0.2) is 24.3 Å².